The van der Waals surface area contributed by atoms with Crippen LogP contribution in [0.1, 0.15) is 56.4 Å². The molecule has 0 bridgehead atoms. The molecule has 0 spiro atoms. The number of aromatic nitrogens is 1. The van der Waals surface area contributed by atoms with E-state index in [-0.39, 0.29) is 35.4 Å². The summed E-state index contributed by atoms with van der Waals surface area (Å²) in [6, 6.07) is -0.748. The van der Waals surface area contributed by atoms with Crippen LogP contribution in [0.4, 0.5) is 0 Å². The van der Waals surface area contributed by atoms with Gasteiger partial charge in [0.2, 0.25) is 21.8 Å². The van der Waals surface area contributed by atoms with Crippen LogP contribution in [0.3, 0.4) is 0 Å². The van der Waals surface area contributed by atoms with Gasteiger partial charge in [-0.25, -0.2) is 8.42 Å². The van der Waals surface area contributed by atoms with Gasteiger partial charge in [0.15, 0.2) is 5.76 Å². The van der Waals surface area contributed by atoms with Crippen LogP contribution in [0, 0.1) is 13.8 Å². The molecule has 9 nitrogen and oxygen atoms in total. The third-order valence-corrected chi connectivity index (χ3v) is 7.77. The van der Waals surface area contributed by atoms with Gasteiger partial charge < -0.3 is 14.7 Å². The van der Waals surface area contributed by atoms with Gasteiger partial charge in [-0.2, -0.15) is 4.31 Å². The molecule has 0 aromatic carbocycles. The van der Waals surface area contributed by atoms with E-state index >= 15 is 0 Å². The van der Waals surface area contributed by atoms with E-state index in [0.717, 1.165) is 25.7 Å². The molecule has 29 heavy (non-hydrogen) atoms. The highest BCUT2D eigenvalue weighted by Crippen LogP contribution is 2.30. The van der Waals surface area contributed by atoms with Gasteiger partial charge in [-0.3, -0.25) is 9.59 Å². The van der Waals surface area contributed by atoms with E-state index < -0.39 is 16.1 Å². The van der Waals surface area contributed by atoms with Gasteiger partial charge >= 0.3 is 0 Å². The van der Waals surface area contributed by atoms with Crippen LogP contribution >= 0.6 is 0 Å². The average Bonchev–Trinajstić information content (AvgIpc) is 3.28. The van der Waals surface area contributed by atoms with Crippen LogP contribution in [0.25, 0.3) is 0 Å². The van der Waals surface area contributed by atoms with Crippen molar-refractivity contribution in [3.8, 4) is 0 Å². The molecule has 0 radical (unpaired) electrons. The third kappa shape index (κ3) is 4.80. The molecule has 0 aliphatic carbocycles. The first kappa shape index (κ1) is 21.8. The molecule has 1 atom stereocenters. The first-order valence-corrected chi connectivity index (χ1v) is 11.8. The molecule has 2 fully saturated rings. The molecule has 1 aromatic heterocycles. The second kappa shape index (κ2) is 9.25. The van der Waals surface area contributed by atoms with E-state index in [4.69, 9.17) is 4.52 Å². The Bertz CT molecular complexity index is 831. The van der Waals surface area contributed by atoms with Gasteiger partial charge in [-0.15, -0.1) is 0 Å². The molecule has 3 heterocycles. The van der Waals surface area contributed by atoms with Crippen molar-refractivity contribution in [2.45, 2.75) is 69.7 Å². The summed E-state index contributed by atoms with van der Waals surface area (Å²) in [5, 5.41) is 6.62. The van der Waals surface area contributed by atoms with Gasteiger partial charge in [0.1, 0.15) is 16.6 Å². The summed E-state index contributed by atoms with van der Waals surface area (Å²) < 4.78 is 32.8. The number of hydrogen-bond donors (Lipinski definition) is 1. The first-order valence-electron chi connectivity index (χ1n) is 10.3. The second-order valence-corrected chi connectivity index (χ2v) is 9.59. The zero-order chi connectivity index (χ0) is 21.0. The van der Waals surface area contributed by atoms with E-state index in [1.807, 2.05) is 0 Å². The van der Waals surface area contributed by atoms with Crippen molar-refractivity contribution < 1.29 is 22.5 Å². The Morgan fingerprint density at radius 3 is 2.59 bits per heavy atom. The summed E-state index contributed by atoms with van der Waals surface area (Å²) in [4.78, 5) is 27.0. The standard InChI is InChI=1S/C19H30N4O5S/c1-14-18(15(2)28-21-14)29(26,27)23-12-7-8-16(23)19(25)22-11-6-4-3-5-10-20-17(24)9-13-22/h16H,3-13H2,1-2H3,(H,20,24)/t16-/m0/s1. The molecular weight excluding hydrogens is 396 g/mol. The van der Waals surface area contributed by atoms with Crippen LogP contribution in [0.2, 0.25) is 0 Å². The Morgan fingerprint density at radius 2 is 1.86 bits per heavy atom. The molecule has 2 saturated heterocycles. The minimum atomic E-state index is -3.89. The molecule has 3 rings (SSSR count). The van der Waals surface area contributed by atoms with Crippen molar-refractivity contribution in [3.63, 3.8) is 0 Å². The predicted octanol–water partition coefficient (Wildman–Crippen LogP) is 1.35. The highest BCUT2D eigenvalue weighted by Gasteiger charge is 2.43. The number of aryl methyl sites for hydroxylation is 2. The maximum absolute atomic E-state index is 13.3. The molecule has 0 unspecified atom stereocenters. The lowest BCUT2D eigenvalue weighted by atomic mass is 10.1. The number of sulfonamides is 1. The SMILES string of the molecule is Cc1noc(C)c1S(=O)(=O)N1CCC[C@H]1C(=O)N1CCCCCCNC(=O)CC1. The van der Waals surface area contributed by atoms with Gasteiger partial charge in [0.05, 0.1) is 0 Å². The van der Waals surface area contributed by atoms with Crippen LogP contribution in [-0.4, -0.2) is 66.8 Å². The Kier molecular flexibility index (Phi) is 6.94. The molecule has 1 aromatic rings. The van der Waals surface area contributed by atoms with Crippen LogP contribution in [-0.2, 0) is 19.6 Å². The molecule has 2 aliphatic heterocycles. The van der Waals surface area contributed by atoms with E-state index in [9.17, 15) is 18.0 Å². The minimum absolute atomic E-state index is 0.0500. The van der Waals surface area contributed by atoms with Crippen molar-refractivity contribution in [2.24, 2.45) is 0 Å². The van der Waals surface area contributed by atoms with E-state index in [0.29, 0.717) is 38.2 Å². The molecular formula is C19H30N4O5S. The van der Waals surface area contributed by atoms with Crippen LogP contribution in [0.5, 0.6) is 0 Å². The molecule has 0 saturated carbocycles. The number of amides is 2. The van der Waals surface area contributed by atoms with Crippen molar-refractivity contribution in [1.82, 2.24) is 19.7 Å². The van der Waals surface area contributed by atoms with E-state index in [1.54, 1.807) is 18.7 Å². The fourth-order valence-electron chi connectivity index (χ4n) is 4.11. The monoisotopic (exact) mass is 426 g/mol. The summed E-state index contributed by atoms with van der Waals surface area (Å²) >= 11 is 0. The number of carbonyl (C=O) groups excluding carboxylic acids is 2. The van der Waals surface area contributed by atoms with Gasteiger partial charge in [-0.05, 0) is 39.5 Å². The zero-order valence-electron chi connectivity index (χ0n) is 17.1. The van der Waals surface area contributed by atoms with Crippen molar-refractivity contribution >= 4 is 21.8 Å². The highest BCUT2D eigenvalue weighted by atomic mass is 32.2. The number of nitrogens with zero attached hydrogens (tertiary/aromatic N) is 3. The smallest absolute Gasteiger partial charge is 0.249 e. The Morgan fingerprint density at radius 1 is 1.10 bits per heavy atom. The van der Waals surface area contributed by atoms with Gasteiger partial charge in [0.25, 0.3) is 0 Å². The summed E-state index contributed by atoms with van der Waals surface area (Å²) in [7, 11) is -3.89. The number of carbonyl (C=O) groups is 2. The number of nitrogens with one attached hydrogen (secondary N) is 1. The Hall–Kier alpha value is -1.94. The molecule has 2 aliphatic rings. The third-order valence-electron chi connectivity index (χ3n) is 5.62. The van der Waals surface area contributed by atoms with E-state index in [1.165, 1.54) is 4.31 Å². The van der Waals surface area contributed by atoms with E-state index in [2.05, 4.69) is 10.5 Å². The second-order valence-electron chi connectivity index (χ2n) is 7.77. The normalized spacial score (nSPS) is 22.9. The first-order chi connectivity index (χ1) is 13.8. The number of rotatable bonds is 3. The van der Waals surface area contributed by atoms with Crippen LogP contribution in [0.15, 0.2) is 9.42 Å². The summed E-state index contributed by atoms with van der Waals surface area (Å²) in [5.74, 6) is -0.0614. The fourth-order valence-corrected chi connectivity index (χ4v) is 6.06. The zero-order valence-corrected chi connectivity index (χ0v) is 18.0. The topological polar surface area (TPSA) is 113 Å². The lowest BCUT2D eigenvalue weighted by Crippen LogP contribution is -2.48. The lowest BCUT2D eigenvalue weighted by molar-refractivity contribution is -0.135. The Labute approximate surface area is 171 Å². The van der Waals surface area contributed by atoms with Gasteiger partial charge in [0, 0.05) is 32.6 Å². The maximum atomic E-state index is 13.3. The fraction of sp³-hybridized carbons (Fsp3) is 0.737. The van der Waals surface area contributed by atoms with Crippen LogP contribution < -0.4 is 5.32 Å². The quantitative estimate of drug-likeness (QED) is 0.781. The molecule has 2 amide bonds. The largest absolute Gasteiger partial charge is 0.360 e. The highest BCUT2D eigenvalue weighted by molar-refractivity contribution is 7.89. The number of hydrogen-bond acceptors (Lipinski definition) is 6. The van der Waals surface area contributed by atoms with Crippen molar-refractivity contribution in [3.05, 3.63) is 11.5 Å². The summed E-state index contributed by atoms with van der Waals surface area (Å²) in [6.45, 7) is 4.95. The lowest BCUT2D eigenvalue weighted by Gasteiger charge is -2.29. The maximum Gasteiger partial charge on any atom is 0.249 e. The van der Waals surface area contributed by atoms with Gasteiger partial charge in [-0.1, -0.05) is 18.0 Å². The Balaban J connectivity index is 1.79. The minimum Gasteiger partial charge on any atom is -0.360 e. The average molecular weight is 427 g/mol. The molecule has 162 valence electrons. The molecule has 10 heteroatoms. The van der Waals surface area contributed by atoms with Crippen molar-refractivity contribution in [1.29, 1.82) is 0 Å². The summed E-state index contributed by atoms with van der Waals surface area (Å²) in [5.41, 5.74) is 0.299. The molecule has 1 N–H and O–H groups in total. The van der Waals surface area contributed by atoms with Crippen molar-refractivity contribution in [2.75, 3.05) is 26.2 Å². The summed E-state index contributed by atoms with van der Waals surface area (Å²) in [6.07, 6.45) is 5.09. The predicted molar refractivity (Wildman–Crippen MR) is 106 cm³/mol.